The Morgan fingerprint density at radius 2 is 2.05 bits per heavy atom. The molecule has 0 atom stereocenters. The summed E-state index contributed by atoms with van der Waals surface area (Å²) in [6, 6.07) is 4.00. The molecular weight excluding hydrogens is 298 g/mol. The Morgan fingerprint density at radius 3 is 2.67 bits per heavy atom. The maximum Gasteiger partial charge on any atom is 0.339 e. The third-order valence-corrected chi connectivity index (χ3v) is 4.38. The minimum atomic E-state index is -3.93. The zero-order chi connectivity index (χ0) is 15.5. The second-order valence-electron chi connectivity index (χ2n) is 4.44. The molecule has 1 aromatic carbocycles. The number of sulfonamides is 1. The summed E-state index contributed by atoms with van der Waals surface area (Å²) in [7, 11) is -2.74. The number of carbonyl (C=O) groups is 1. The molecule has 9 heteroatoms. The number of ether oxygens (including phenoxy) is 2. The van der Waals surface area contributed by atoms with Crippen LogP contribution in [0.15, 0.2) is 23.1 Å². The van der Waals surface area contributed by atoms with Crippen LogP contribution in [0.3, 0.4) is 0 Å². The maximum atomic E-state index is 12.4. The van der Waals surface area contributed by atoms with E-state index in [-0.39, 0.29) is 16.1 Å². The fourth-order valence-electron chi connectivity index (χ4n) is 1.91. The van der Waals surface area contributed by atoms with Crippen molar-refractivity contribution in [3.63, 3.8) is 0 Å². The first kappa shape index (κ1) is 15.7. The van der Waals surface area contributed by atoms with Crippen LogP contribution in [-0.4, -0.2) is 52.8 Å². The summed E-state index contributed by atoms with van der Waals surface area (Å²) in [4.78, 5) is 13.9. The minimum Gasteiger partial charge on any atom is -0.465 e. The van der Waals surface area contributed by atoms with Crippen molar-refractivity contribution in [2.45, 2.75) is 4.90 Å². The van der Waals surface area contributed by atoms with Crippen molar-refractivity contribution in [1.29, 1.82) is 0 Å². The Kier molecular flexibility index (Phi) is 4.78. The van der Waals surface area contributed by atoms with Gasteiger partial charge in [-0.2, -0.15) is 0 Å². The number of hydrazine groups is 1. The van der Waals surface area contributed by atoms with E-state index in [0.717, 1.165) is 0 Å². The van der Waals surface area contributed by atoms with Crippen LogP contribution in [0.25, 0.3) is 0 Å². The van der Waals surface area contributed by atoms with Gasteiger partial charge in [0.1, 0.15) is 0 Å². The smallest absolute Gasteiger partial charge is 0.339 e. The quantitative estimate of drug-likeness (QED) is 0.573. The second kappa shape index (κ2) is 6.39. The van der Waals surface area contributed by atoms with Gasteiger partial charge < -0.3 is 15.2 Å². The van der Waals surface area contributed by atoms with Crippen molar-refractivity contribution >= 4 is 21.7 Å². The molecule has 1 aliphatic heterocycles. The SMILES string of the molecule is COC(=O)c1ccc(N)cc1S(=O)(=O)NN1CCOCC1. The molecule has 0 aromatic heterocycles. The Balaban J connectivity index is 2.33. The van der Waals surface area contributed by atoms with Crippen molar-refractivity contribution < 1.29 is 22.7 Å². The van der Waals surface area contributed by atoms with Gasteiger partial charge in [0.25, 0.3) is 10.0 Å². The number of morpholine rings is 1. The van der Waals surface area contributed by atoms with E-state index >= 15 is 0 Å². The third-order valence-electron chi connectivity index (χ3n) is 2.96. The summed E-state index contributed by atoms with van der Waals surface area (Å²) < 4.78 is 34.6. The van der Waals surface area contributed by atoms with Gasteiger partial charge in [0.05, 0.1) is 30.8 Å². The first-order chi connectivity index (χ1) is 9.94. The van der Waals surface area contributed by atoms with E-state index in [0.29, 0.717) is 26.3 Å². The van der Waals surface area contributed by atoms with Crippen molar-refractivity contribution in [2.24, 2.45) is 0 Å². The molecule has 0 bridgehead atoms. The molecule has 1 aliphatic rings. The largest absolute Gasteiger partial charge is 0.465 e. The monoisotopic (exact) mass is 315 g/mol. The van der Waals surface area contributed by atoms with Gasteiger partial charge in [0.15, 0.2) is 0 Å². The second-order valence-corrected chi connectivity index (χ2v) is 6.07. The van der Waals surface area contributed by atoms with Gasteiger partial charge in [-0.25, -0.2) is 18.2 Å². The lowest BCUT2D eigenvalue weighted by Crippen LogP contribution is -2.48. The van der Waals surface area contributed by atoms with Gasteiger partial charge in [0.2, 0.25) is 0 Å². The highest BCUT2D eigenvalue weighted by molar-refractivity contribution is 7.89. The zero-order valence-electron chi connectivity index (χ0n) is 11.5. The summed E-state index contributed by atoms with van der Waals surface area (Å²) >= 11 is 0. The molecule has 8 nitrogen and oxygen atoms in total. The first-order valence-corrected chi connectivity index (χ1v) is 7.75. The fraction of sp³-hybridized carbons (Fsp3) is 0.417. The van der Waals surface area contributed by atoms with Crippen molar-refractivity contribution in [3.05, 3.63) is 23.8 Å². The standard InChI is InChI=1S/C12H17N3O5S/c1-19-12(16)10-3-2-9(13)8-11(10)21(17,18)14-15-4-6-20-7-5-15/h2-3,8,14H,4-7,13H2,1H3. The summed E-state index contributed by atoms with van der Waals surface area (Å²) in [6.45, 7) is 1.72. The number of nitrogen functional groups attached to an aromatic ring is 1. The average Bonchev–Trinajstić information content (AvgIpc) is 2.47. The summed E-state index contributed by atoms with van der Waals surface area (Å²) in [6.07, 6.45) is 0. The number of hydrogen-bond acceptors (Lipinski definition) is 7. The highest BCUT2D eigenvalue weighted by Gasteiger charge is 2.26. The molecule has 116 valence electrons. The van der Waals surface area contributed by atoms with Gasteiger partial charge in [-0.15, -0.1) is 4.83 Å². The van der Waals surface area contributed by atoms with Crippen molar-refractivity contribution in [2.75, 3.05) is 39.1 Å². The van der Waals surface area contributed by atoms with E-state index in [1.807, 2.05) is 0 Å². The van der Waals surface area contributed by atoms with Crippen LogP contribution in [0.5, 0.6) is 0 Å². The lowest BCUT2D eigenvalue weighted by molar-refractivity contribution is 0.0272. The van der Waals surface area contributed by atoms with Crippen LogP contribution in [0, 0.1) is 0 Å². The topological polar surface area (TPSA) is 111 Å². The molecule has 1 saturated heterocycles. The molecular formula is C12H17N3O5S. The summed E-state index contributed by atoms with van der Waals surface area (Å²) in [5, 5.41) is 1.52. The van der Waals surface area contributed by atoms with E-state index in [4.69, 9.17) is 10.5 Å². The van der Waals surface area contributed by atoms with Gasteiger partial charge in [-0.1, -0.05) is 0 Å². The summed E-state index contributed by atoms with van der Waals surface area (Å²) in [5.41, 5.74) is 5.80. The third kappa shape index (κ3) is 3.70. The van der Waals surface area contributed by atoms with Gasteiger partial charge in [0, 0.05) is 18.8 Å². The highest BCUT2D eigenvalue weighted by Crippen LogP contribution is 2.20. The Labute approximate surface area is 122 Å². The lowest BCUT2D eigenvalue weighted by atomic mass is 10.2. The predicted octanol–water partition coefficient (Wildman–Crippen LogP) is -0.419. The minimum absolute atomic E-state index is 0.0625. The molecule has 3 N–H and O–H groups in total. The number of hydrogen-bond donors (Lipinski definition) is 2. The Bertz CT molecular complexity index is 626. The molecule has 0 aliphatic carbocycles. The number of benzene rings is 1. The molecule has 2 rings (SSSR count). The number of nitrogens with one attached hydrogen (secondary N) is 1. The van der Waals surface area contributed by atoms with E-state index in [2.05, 4.69) is 9.57 Å². The van der Waals surface area contributed by atoms with Crippen molar-refractivity contribution in [3.8, 4) is 0 Å². The molecule has 21 heavy (non-hydrogen) atoms. The number of nitrogens with zero attached hydrogens (tertiary/aromatic N) is 1. The number of rotatable bonds is 4. The first-order valence-electron chi connectivity index (χ1n) is 6.27. The molecule has 1 fully saturated rings. The predicted molar refractivity (Wildman–Crippen MR) is 74.9 cm³/mol. The lowest BCUT2D eigenvalue weighted by Gasteiger charge is -2.27. The number of nitrogens with two attached hydrogens (primary N) is 1. The maximum absolute atomic E-state index is 12.4. The Morgan fingerprint density at radius 1 is 1.38 bits per heavy atom. The van der Waals surface area contributed by atoms with E-state index < -0.39 is 16.0 Å². The van der Waals surface area contributed by atoms with E-state index in [1.165, 1.54) is 30.3 Å². The van der Waals surface area contributed by atoms with E-state index in [1.54, 1.807) is 0 Å². The number of anilines is 1. The summed E-state index contributed by atoms with van der Waals surface area (Å²) in [5.74, 6) is -0.739. The fourth-order valence-corrected chi connectivity index (χ4v) is 3.27. The molecule has 0 saturated carbocycles. The van der Waals surface area contributed by atoms with Crippen LogP contribution in [0.4, 0.5) is 5.69 Å². The van der Waals surface area contributed by atoms with Crippen LogP contribution >= 0.6 is 0 Å². The van der Waals surface area contributed by atoms with Crippen LogP contribution in [0.1, 0.15) is 10.4 Å². The molecule has 0 amide bonds. The molecule has 0 radical (unpaired) electrons. The van der Waals surface area contributed by atoms with E-state index in [9.17, 15) is 13.2 Å². The van der Waals surface area contributed by atoms with Crippen LogP contribution in [-0.2, 0) is 19.5 Å². The van der Waals surface area contributed by atoms with Gasteiger partial charge in [-0.05, 0) is 18.2 Å². The highest BCUT2D eigenvalue weighted by atomic mass is 32.2. The molecule has 0 spiro atoms. The van der Waals surface area contributed by atoms with Crippen LogP contribution in [0.2, 0.25) is 0 Å². The average molecular weight is 315 g/mol. The molecule has 1 aromatic rings. The van der Waals surface area contributed by atoms with Crippen LogP contribution < -0.4 is 10.6 Å². The number of carbonyl (C=O) groups excluding carboxylic acids is 1. The van der Waals surface area contributed by atoms with Crippen molar-refractivity contribution in [1.82, 2.24) is 9.84 Å². The van der Waals surface area contributed by atoms with Gasteiger partial charge in [-0.3, -0.25) is 0 Å². The molecule has 0 unspecified atom stereocenters. The zero-order valence-corrected chi connectivity index (χ0v) is 12.4. The number of methoxy groups -OCH3 is 1. The Hall–Kier alpha value is -1.68. The number of esters is 1. The molecule has 1 heterocycles. The normalized spacial score (nSPS) is 16.6. The van der Waals surface area contributed by atoms with Gasteiger partial charge >= 0.3 is 5.97 Å².